The average molecular weight is 538 g/mol. The number of carbonyl (C=O) groups is 1. The highest BCUT2D eigenvalue weighted by atomic mass is 16.5. The Hall–Kier alpha value is -4.24. The van der Waals surface area contributed by atoms with E-state index in [9.17, 15) is 4.79 Å². The van der Waals surface area contributed by atoms with Crippen LogP contribution in [0.4, 0.5) is 5.82 Å². The fourth-order valence-electron chi connectivity index (χ4n) is 5.48. The molecular formula is C31H35N7O2. The lowest BCUT2D eigenvalue weighted by atomic mass is 10.1. The highest BCUT2D eigenvalue weighted by molar-refractivity contribution is 5.98. The van der Waals surface area contributed by atoms with Gasteiger partial charge in [0, 0.05) is 37.3 Å². The molecule has 1 atom stereocenters. The summed E-state index contributed by atoms with van der Waals surface area (Å²) in [7, 11) is 0. The van der Waals surface area contributed by atoms with Crippen LogP contribution in [-0.4, -0.2) is 67.7 Å². The Morgan fingerprint density at radius 2 is 1.85 bits per heavy atom. The summed E-state index contributed by atoms with van der Waals surface area (Å²) in [6.07, 6.45) is 9.56. The molecule has 2 aromatic heterocycles. The van der Waals surface area contributed by atoms with E-state index in [1.807, 2.05) is 70.3 Å². The SMILES string of the molecule is CCN(C/C=C/C(=O)N1CCCC(n2nc(-c3ccc(Oc4ccccc4)cc3)c3c(N)ncnc32)C1)C1CC1. The van der Waals surface area contributed by atoms with E-state index >= 15 is 0 Å². The van der Waals surface area contributed by atoms with Crippen molar-refractivity contribution in [2.75, 3.05) is 31.9 Å². The normalized spacial score (nSPS) is 17.6. The van der Waals surface area contributed by atoms with Crippen molar-refractivity contribution in [2.24, 2.45) is 0 Å². The molecule has 2 N–H and O–H groups in total. The maximum Gasteiger partial charge on any atom is 0.246 e. The summed E-state index contributed by atoms with van der Waals surface area (Å²) in [5.74, 6) is 1.95. The van der Waals surface area contributed by atoms with Gasteiger partial charge in [-0.25, -0.2) is 14.6 Å². The number of nitrogens with zero attached hydrogens (tertiary/aromatic N) is 6. The van der Waals surface area contributed by atoms with Crippen LogP contribution in [-0.2, 0) is 4.79 Å². The highest BCUT2D eigenvalue weighted by Crippen LogP contribution is 2.35. The molecule has 2 aromatic carbocycles. The number of piperidine rings is 1. The molecule has 0 spiro atoms. The van der Waals surface area contributed by atoms with Crippen LogP contribution < -0.4 is 10.5 Å². The van der Waals surface area contributed by atoms with Gasteiger partial charge in [0.1, 0.15) is 29.3 Å². The third-order valence-corrected chi connectivity index (χ3v) is 7.75. The van der Waals surface area contributed by atoms with Crippen molar-refractivity contribution in [3.8, 4) is 22.8 Å². The molecule has 1 aliphatic carbocycles. The van der Waals surface area contributed by atoms with E-state index in [1.54, 1.807) is 6.08 Å². The summed E-state index contributed by atoms with van der Waals surface area (Å²) in [4.78, 5) is 26.2. The molecule has 3 heterocycles. The summed E-state index contributed by atoms with van der Waals surface area (Å²) in [5, 5.41) is 5.73. The molecule has 1 aliphatic heterocycles. The number of nitrogens with two attached hydrogens (primary N) is 1. The van der Waals surface area contributed by atoms with Crippen LogP contribution in [0.5, 0.6) is 11.5 Å². The Bertz CT molecular complexity index is 1500. The first-order valence-electron chi connectivity index (χ1n) is 14.1. The van der Waals surface area contributed by atoms with Crippen molar-refractivity contribution in [1.82, 2.24) is 29.5 Å². The van der Waals surface area contributed by atoms with Crippen molar-refractivity contribution < 1.29 is 9.53 Å². The van der Waals surface area contributed by atoms with E-state index in [4.69, 9.17) is 15.6 Å². The molecule has 4 aromatic rings. The van der Waals surface area contributed by atoms with E-state index in [0.717, 1.165) is 60.6 Å². The van der Waals surface area contributed by atoms with Crippen LogP contribution in [0.1, 0.15) is 38.6 Å². The van der Waals surface area contributed by atoms with E-state index in [0.29, 0.717) is 24.1 Å². The Morgan fingerprint density at radius 1 is 1.07 bits per heavy atom. The maximum absolute atomic E-state index is 13.1. The van der Waals surface area contributed by atoms with Crippen molar-refractivity contribution in [1.29, 1.82) is 0 Å². The van der Waals surface area contributed by atoms with Gasteiger partial charge in [-0.05, 0) is 68.6 Å². The zero-order valence-electron chi connectivity index (χ0n) is 22.8. The number of carbonyl (C=O) groups excluding carboxylic acids is 1. The molecule has 2 fully saturated rings. The number of ether oxygens (including phenoxy) is 1. The molecule has 0 radical (unpaired) electrons. The zero-order valence-corrected chi connectivity index (χ0v) is 22.8. The van der Waals surface area contributed by atoms with Crippen LogP contribution in [0, 0.1) is 0 Å². The number of amides is 1. The van der Waals surface area contributed by atoms with Gasteiger partial charge in [-0.15, -0.1) is 0 Å². The Balaban J connectivity index is 1.22. The lowest BCUT2D eigenvalue weighted by Crippen LogP contribution is -2.40. The number of likely N-dealkylation sites (tertiary alicyclic amines) is 1. The lowest BCUT2D eigenvalue weighted by molar-refractivity contribution is -0.127. The predicted molar refractivity (Wildman–Crippen MR) is 156 cm³/mol. The molecule has 1 saturated carbocycles. The van der Waals surface area contributed by atoms with Gasteiger partial charge in [0.2, 0.25) is 5.91 Å². The van der Waals surface area contributed by atoms with Gasteiger partial charge in [-0.3, -0.25) is 9.69 Å². The van der Waals surface area contributed by atoms with Gasteiger partial charge >= 0.3 is 0 Å². The van der Waals surface area contributed by atoms with Crippen LogP contribution in [0.2, 0.25) is 0 Å². The maximum atomic E-state index is 13.1. The number of benzene rings is 2. The van der Waals surface area contributed by atoms with Gasteiger partial charge < -0.3 is 15.4 Å². The monoisotopic (exact) mass is 537 g/mol. The minimum atomic E-state index is -0.00376. The summed E-state index contributed by atoms with van der Waals surface area (Å²) < 4.78 is 7.89. The van der Waals surface area contributed by atoms with E-state index in [1.165, 1.54) is 19.2 Å². The molecule has 9 nitrogen and oxygen atoms in total. The molecule has 206 valence electrons. The number of likely N-dealkylation sites (N-methyl/N-ethyl adjacent to an activating group) is 1. The number of rotatable bonds is 9. The fourth-order valence-corrected chi connectivity index (χ4v) is 5.48. The first-order valence-corrected chi connectivity index (χ1v) is 14.1. The zero-order chi connectivity index (χ0) is 27.5. The summed E-state index contributed by atoms with van der Waals surface area (Å²) in [6.45, 7) is 5.33. The van der Waals surface area contributed by atoms with Crippen LogP contribution in [0.3, 0.4) is 0 Å². The molecule has 9 heteroatoms. The molecule has 1 saturated heterocycles. The fraction of sp³-hybridized carbons (Fsp3) is 0.355. The van der Waals surface area contributed by atoms with Crippen molar-refractivity contribution in [3.63, 3.8) is 0 Å². The average Bonchev–Trinajstić information content (AvgIpc) is 3.76. The number of nitrogen functional groups attached to an aromatic ring is 1. The van der Waals surface area contributed by atoms with Crippen LogP contribution in [0.25, 0.3) is 22.3 Å². The van der Waals surface area contributed by atoms with Gasteiger partial charge in [0.05, 0.1) is 11.4 Å². The molecule has 0 bridgehead atoms. The van der Waals surface area contributed by atoms with E-state index in [2.05, 4.69) is 21.8 Å². The molecule has 40 heavy (non-hydrogen) atoms. The van der Waals surface area contributed by atoms with Gasteiger partial charge in [-0.1, -0.05) is 31.2 Å². The summed E-state index contributed by atoms with van der Waals surface area (Å²) >= 11 is 0. The van der Waals surface area contributed by atoms with E-state index < -0.39 is 0 Å². The number of hydrogen-bond acceptors (Lipinski definition) is 7. The van der Waals surface area contributed by atoms with Crippen molar-refractivity contribution in [3.05, 3.63) is 73.1 Å². The van der Waals surface area contributed by atoms with Gasteiger partial charge in [0.15, 0.2) is 5.65 Å². The molecular weight excluding hydrogens is 502 g/mol. The second-order valence-corrected chi connectivity index (χ2v) is 10.5. The second kappa shape index (κ2) is 11.5. The molecule has 2 aliphatic rings. The lowest BCUT2D eigenvalue weighted by Gasteiger charge is -2.32. The number of anilines is 1. The Kier molecular flexibility index (Phi) is 7.46. The minimum Gasteiger partial charge on any atom is -0.457 e. The van der Waals surface area contributed by atoms with E-state index in [-0.39, 0.29) is 11.9 Å². The topological polar surface area (TPSA) is 102 Å². The first kappa shape index (κ1) is 26.0. The van der Waals surface area contributed by atoms with Crippen molar-refractivity contribution in [2.45, 2.75) is 44.7 Å². The Labute approximate surface area is 234 Å². The second-order valence-electron chi connectivity index (χ2n) is 10.5. The number of fused-ring (bicyclic) bond motifs is 1. The summed E-state index contributed by atoms with van der Waals surface area (Å²) in [5.41, 5.74) is 8.66. The third kappa shape index (κ3) is 5.56. The quantitative estimate of drug-likeness (QED) is 0.297. The van der Waals surface area contributed by atoms with Crippen LogP contribution in [0.15, 0.2) is 73.1 Å². The predicted octanol–water partition coefficient (Wildman–Crippen LogP) is 5.07. The van der Waals surface area contributed by atoms with Gasteiger partial charge in [-0.2, -0.15) is 5.10 Å². The van der Waals surface area contributed by atoms with Gasteiger partial charge in [0.25, 0.3) is 0 Å². The standard InChI is InChI=1S/C31H35N7O2/c1-2-36(23-14-15-23)18-7-11-27(39)37-19-6-8-24(20-37)38-31-28(30(32)33-21-34-31)29(35-38)22-12-16-26(17-13-22)40-25-9-4-3-5-10-25/h3-5,7,9-13,16-17,21,23-24H,2,6,8,14-15,18-20H2,1H3,(H2,32,33,34)/b11-7+. The Morgan fingerprint density at radius 3 is 2.60 bits per heavy atom. The minimum absolute atomic E-state index is 0.00376. The highest BCUT2D eigenvalue weighted by Gasteiger charge is 2.29. The summed E-state index contributed by atoms with van der Waals surface area (Å²) in [6, 6.07) is 18.1. The smallest absolute Gasteiger partial charge is 0.246 e. The molecule has 1 amide bonds. The third-order valence-electron chi connectivity index (χ3n) is 7.75. The molecule has 6 rings (SSSR count). The number of hydrogen-bond donors (Lipinski definition) is 1. The molecule has 1 unspecified atom stereocenters. The van der Waals surface area contributed by atoms with Crippen LogP contribution >= 0.6 is 0 Å². The first-order chi connectivity index (χ1) is 19.6. The number of para-hydroxylation sites is 1. The largest absolute Gasteiger partial charge is 0.457 e. The number of aromatic nitrogens is 4. The van der Waals surface area contributed by atoms with Crippen molar-refractivity contribution >= 4 is 22.8 Å².